The molecular formula is C20H20O5. The topological polar surface area (TPSA) is 72.8 Å². The van der Waals surface area contributed by atoms with Crippen molar-refractivity contribution < 1.29 is 24.2 Å². The number of rotatable bonds is 5. The number of carbonyl (C=O) groups excluding carboxylic acids is 2. The first-order chi connectivity index (χ1) is 12.1. The summed E-state index contributed by atoms with van der Waals surface area (Å²) in [6.07, 6.45) is 0.290. The fourth-order valence-electron chi connectivity index (χ4n) is 3.26. The molecule has 1 N–H and O–H groups in total. The van der Waals surface area contributed by atoms with Crippen molar-refractivity contribution >= 4 is 11.8 Å². The number of benzene rings is 2. The molecule has 2 aromatic rings. The Kier molecular flexibility index (Phi) is 4.59. The van der Waals surface area contributed by atoms with Crippen LogP contribution in [0.15, 0.2) is 42.5 Å². The molecule has 0 fully saturated rings. The summed E-state index contributed by atoms with van der Waals surface area (Å²) in [7, 11) is 1.30. The lowest BCUT2D eigenvalue weighted by molar-refractivity contribution is 0.0600. The van der Waals surface area contributed by atoms with Gasteiger partial charge >= 0.3 is 5.97 Å². The quantitative estimate of drug-likeness (QED) is 0.669. The van der Waals surface area contributed by atoms with Gasteiger partial charge in [-0.1, -0.05) is 37.3 Å². The number of fused-ring (bicyclic) bond motifs is 1. The molecule has 130 valence electrons. The van der Waals surface area contributed by atoms with E-state index >= 15 is 0 Å². The lowest BCUT2D eigenvalue weighted by atomic mass is 9.75. The third-order valence-corrected chi connectivity index (χ3v) is 4.71. The highest BCUT2D eigenvalue weighted by Gasteiger charge is 2.44. The average molecular weight is 340 g/mol. The van der Waals surface area contributed by atoms with Crippen LogP contribution in [0.1, 0.15) is 45.2 Å². The van der Waals surface area contributed by atoms with E-state index in [1.165, 1.54) is 13.2 Å². The van der Waals surface area contributed by atoms with Gasteiger partial charge in [0.2, 0.25) is 0 Å². The summed E-state index contributed by atoms with van der Waals surface area (Å²) in [6, 6.07) is 12.6. The lowest BCUT2D eigenvalue weighted by Gasteiger charge is -2.26. The fraction of sp³-hybridized carbons (Fsp3) is 0.300. The van der Waals surface area contributed by atoms with E-state index < -0.39 is 11.4 Å². The van der Waals surface area contributed by atoms with Crippen molar-refractivity contribution in [2.45, 2.75) is 18.8 Å². The van der Waals surface area contributed by atoms with E-state index in [4.69, 9.17) is 9.47 Å². The Hall–Kier alpha value is -2.66. The zero-order chi connectivity index (χ0) is 18.0. The molecule has 0 amide bonds. The highest BCUT2D eigenvalue weighted by atomic mass is 16.5. The van der Waals surface area contributed by atoms with Crippen LogP contribution in [0.2, 0.25) is 0 Å². The summed E-state index contributed by atoms with van der Waals surface area (Å²) in [6.45, 7) is 1.76. The van der Waals surface area contributed by atoms with Crippen LogP contribution in [0.3, 0.4) is 0 Å². The molecule has 0 saturated heterocycles. The SMILES string of the molecule is CCC(=O)c1cc(C(=O)OC)cc2c1OC[C@@]2(CO)c1ccccc1. The summed E-state index contributed by atoms with van der Waals surface area (Å²) >= 11 is 0. The minimum atomic E-state index is -0.816. The van der Waals surface area contributed by atoms with Crippen LogP contribution in [-0.2, 0) is 10.2 Å². The third kappa shape index (κ3) is 2.70. The summed E-state index contributed by atoms with van der Waals surface area (Å²) in [5, 5.41) is 10.2. The number of carbonyl (C=O) groups is 2. The Morgan fingerprint density at radius 2 is 1.96 bits per heavy atom. The van der Waals surface area contributed by atoms with Gasteiger partial charge in [0, 0.05) is 12.0 Å². The molecule has 0 aliphatic carbocycles. The normalized spacial score (nSPS) is 18.4. The largest absolute Gasteiger partial charge is 0.491 e. The molecule has 25 heavy (non-hydrogen) atoms. The molecule has 3 rings (SSSR count). The Morgan fingerprint density at radius 1 is 1.24 bits per heavy atom. The average Bonchev–Trinajstić information content (AvgIpc) is 3.06. The Morgan fingerprint density at radius 3 is 2.56 bits per heavy atom. The summed E-state index contributed by atoms with van der Waals surface area (Å²) in [4.78, 5) is 24.5. The molecule has 1 atom stereocenters. The Bertz CT molecular complexity index is 812. The second-order valence-corrected chi connectivity index (χ2v) is 6.06. The highest BCUT2D eigenvalue weighted by Crippen LogP contribution is 2.46. The number of hydrogen-bond donors (Lipinski definition) is 1. The maximum absolute atomic E-state index is 12.4. The minimum absolute atomic E-state index is 0.121. The molecule has 1 aliphatic heterocycles. The number of aliphatic hydroxyl groups is 1. The fourth-order valence-corrected chi connectivity index (χ4v) is 3.26. The van der Waals surface area contributed by atoms with E-state index in [0.29, 0.717) is 16.9 Å². The smallest absolute Gasteiger partial charge is 0.337 e. The highest BCUT2D eigenvalue weighted by molar-refractivity contribution is 6.02. The van der Waals surface area contributed by atoms with Crippen LogP contribution in [-0.4, -0.2) is 37.2 Å². The van der Waals surface area contributed by atoms with Gasteiger partial charge in [-0.3, -0.25) is 4.79 Å². The van der Waals surface area contributed by atoms with Crippen LogP contribution < -0.4 is 4.74 Å². The van der Waals surface area contributed by atoms with E-state index in [-0.39, 0.29) is 31.0 Å². The van der Waals surface area contributed by atoms with Gasteiger partial charge in [-0.25, -0.2) is 4.79 Å². The first kappa shape index (κ1) is 17.2. The molecule has 0 radical (unpaired) electrons. The number of methoxy groups -OCH3 is 1. The van der Waals surface area contributed by atoms with Gasteiger partial charge in [0.25, 0.3) is 0 Å². The zero-order valence-corrected chi connectivity index (χ0v) is 14.2. The third-order valence-electron chi connectivity index (χ3n) is 4.71. The maximum Gasteiger partial charge on any atom is 0.337 e. The standard InChI is InChI=1S/C20H20O5/c1-3-17(22)15-9-13(19(23)24-2)10-16-18(15)25-12-20(16,11-21)14-7-5-4-6-8-14/h4-10,21H,3,11-12H2,1-2H3/t20-/m0/s1. The van der Waals surface area contributed by atoms with E-state index in [1.807, 2.05) is 30.3 Å². The van der Waals surface area contributed by atoms with Crippen molar-refractivity contribution in [2.75, 3.05) is 20.3 Å². The number of aliphatic hydroxyl groups excluding tert-OH is 1. The van der Waals surface area contributed by atoms with Crippen molar-refractivity contribution in [3.63, 3.8) is 0 Å². The molecule has 0 bridgehead atoms. The second-order valence-electron chi connectivity index (χ2n) is 6.06. The molecule has 1 aliphatic rings. The first-order valence-corrected chi connectivity index (χ1v) is 8.16. The summed E-state index contributed by atoms with van der Waals surface area (Å²) < 4.78 is 10.7. The first-order valence-electron chi connectivity index (χ1n) is 8.16. The molecule has 5 nitrogen and oxygen atoms in total. The van der Waals surface area contributed by atoms with E-state index in [0.717, 1.165) is 5.56 Å². The van der Waals surface area contributed by atoms with Crippen molar-refractivity contribution in [3.8, 4) is 5.75 Å². The van der Waals surface area contributed by atoms with Gasteiger partial charge < -0.3 is 14.6 Å². The second kappa shape index (κ2) is 6.69. The summed E-state index contributed by atoms with van der Waals surface area (Å²) in [5.41, 5.74) is 1.32. The molecule has 0 spiro atoms. The van der Waals surface area contributed by atoms with E-state index in [1.54, 1.807) is 13.0 Å². The molecule has 1 heterocycles. The predicted octanol–water partition coefficient (Wildman–Crippen LogP) is 2.74. The maximum atomic E-state index is 12.4. The number of ether oxygens (including phenoxy) is 2. The van der Waals surface area contributed by atoms with Crippen LogP contribution >= 0.6 is 0 Å². The van der Waals surface area contributed by atoms with Gasteiger partial charge in [-0.15, -0.1) is 0 Å². The number of ketones is 1. The zero-order valence-electron chi connectivity index (χ0n) is 14.2. The summed E-state index contributed by atoms with van der Waals surface area (Å²) in [5.74, 6) is -0.207. The number of hydrogen-bond acceptors (Lipinski definition) is 5. The van der Waals surface area contributed by atoms with Crippen LogP contribution in [0.5, 0.6) is 5.75 Å². The van der Waals surface area contributed by atoms with Crippen molar-refractivity contribution in [3.05, 3.63) is 64.7 Å². The molecule has 0 aromatic heterocycles. The van der Waals surface area contributed by atoms with Gasteiger partial charge in [0.1, 0.15) is 12.4 Å². The Labute approximate surface area is 146 Å². The minimum Gasteiger partial charge on any atom is -0.491 e. The van der Waals surface area contributed by atoms with Crippen LogP contribution in [0.4, 0.5) is 0 Å². The van der Waals surface area contributed by atoms with Crippen molar-refractivity contribution in [1.29, 1.82) is 0 Å². The van der Waals surface area contributed by atoms with Gasteiger partial charge in [-0.2, -0.15) is 0 Å². The number of Topliss-reactive ketones (excluding diaryl/α,β-unsaturated/α-hetero) is 1. The van der Waals surface area contributed by atoms with Gasteiger partial charge in [0.05, 0.1) is 30.3 Å². The lowest BCUT2D eigenvalue weighted by Crippen LogP contribution is -2.33. The van der Waals surface area contributed by atoms with Gasteiger partial charge in [-0.05, 0) is 17.7 Å². The van der Waals surface area contributed by atoms with Crippen molar-refractivity contribution in [1.82, 2.24) is 0 Å². The van der Waals surface area contributed by atoms with Crippen LogP contribution in [0, 0.1) is 0 Å². The van der Waals surface area contributed by atoms with Gasteiger partial charge in [0.15, 0.2) is 5.78 Å². The molecule has 0 unspecified atom stereocenters. The molecule has 2 aromatic carbocycles. The van der Waals surface area contributed by atoms with E-state index in [9.17, 15) is 14.7 Å². The monoisotopic (exact) mass is 340 g/mol. The van der Waals surface area contributed by atoms with Crippen LogP contribution in [0.25, 0.3) is 0 Å². The molecule has 5 heteroatoms. The Balaban J connectivity index is 2.27. The van der Waals surface area contributed by atoms with E-state index in [2.05, 4.69) is 0 Å². The predicted molar refractivity (Wildman–Crippen MR) is 92.2 cm³/mol. The van der Waals surface area contributed by atoms with Crippen molar-refractivity contribution in [2.24, 2.45) is 0 Å². The molecular weight excluding hydrogens is 320 g/mol. The number of esters is 1. The molecule has 0 saturated carbocycles.